The first kappa shape index (κ1) is 40.0. The fourth-order valence-electron chi connectivity index (χ4n) is 9.28. The molecule has 2 aromatic carbocycles. The summed E-state index contributed by atoms with van der Waals surface area (Å²) >= 11 is 0. The predicted octanol–water partition coefficient (Wildman–Crippen LogP) is 6.82. The second kappa shape index (κ2) is 18.9. The Morgan fingerprint density at radius 1 is 0.780 bits per heavy atom. The van der Waals surface area contributed by atoms with E-state index in [1.54, 1.807) is 11.1 Å². The molecule has 0 radical (unpaired) electrons. The number of imidazole rings is 1. The zero-order chi connectivity index (χ0) is 40.6. The smallest absolute Gasteiger partial charge is 0.407 e. The van der Waals surface area contributed by atoms with Crippen LogP contribution in [0, 0.1) is 5.92 Å². The van der Waals surface area contributed by atoms with Crippen molar-refractivity contribution in [2.24, 2.45) is 5.92 Å². The molecular formula is C45H55N9O5. The van der Waals surface area contributed by atoms with Crippen LogP contribution in [0.15, 0.2) is 79.4 Å². The van der Waals surface area contributed by atoms with E-state index < -0.39 is 12.1 Å². The number of likely N-dealkylation sites (tertiary alicyclic amines) is 2. The lowest BCUT2D eigenvalue weighted by Gasteiger charge is -2.30. The van der Waals surface area contributed by atoms with Crippen molar-refractivity contribution in [3.63, 3.8) is 0 Å². The van der Waals surface area contributed by atoms with Gasteiger partial charge in [-0.2, -0.15) is 0 Å². The standard InChI is InChI=1S/C45H55N9O5/c55-42(38-26-46-22-23-47-38)49-35-19-17-32(18-20-35)31-13-15-33(16-14-31)37-27-48-41(51-37)39-12-7-24-54(39)43(56)40(34-10-5-2-6-11-34)52-44(57)53-25-21-36(28-53)50-45(58)59-29-30-8-3-1-4-9-30/h2,5-6,10-11,13-16,22-23,26-27,30,32,35-36,39-40H,1,3-4,7-9,12,17-21,24-25,28-29H2,(H,48,51)(H,49,55)(H,50,58)(H,52,57)/t32?,35?,36-,39+,40-/m1/s1. The van der Waals surface area contributed by atoms with Gasteiger partial charge in [-0.1, -0.05) is 73.9 Å². The summed E-state index contributed by atoms with van der Waals surface area (Å²) in [6, 6.07) is 16.4. The van der Waals surface area contributed by atoms with Gasteiger partial charge in [0, 0.05) is 38.1 Å². The lowest BCUT2D eigenvalue weighted by molar-refractivity contribution is -0.134. The van der Waals surface area contributed by atoms with Gasteiger partial charge in [0.2, 0.25) is 5.91 Å². The van der Waals surface area contributed by atoms with Crippen molar-refractivity contribution in [1.82, 2.24) is 45.7 Å². The number of H-pyrrole nitrogens is 1. The van der Waals surface area contributed by atoms with Crippen molar-refractivity contribution >= 4 is 23.9 Å². The number of alkyl carbamates (subject to hydrolysis) is 1. The van der Waals surface area contributed by atoms with Crippen LogP contribution in [0.2, 0.25) is 0 Å². The quantitative estimate of drug-likeness (QED) is 0.128. The molecular weight excluding hydrogens is 747 g/mol. The zero-order valence-electron chi connectivity index (χ0n) is 33.6. The van der Waals surface area contributed by atoms with Crippen LogP contribution in [0.1, 0.15) is 122 Å². The Morgan fingerprint density at radius 2 is 1.58 bits per heavy atom. The van der Waals surface area contributed by atoms with Crippen LogP contribution in [0.3, 0.4) is 0 Å². The Kier molecular flexibility index (Phi) is 12.8. The molecule has 0 unspecified atom stereocenters. The van der Waals surface area contributed by atoms with Crippen molar-refractivity contribution in [2.45, 2.75) is 107 Å². The van der Waals surface area contributed by atoms with Crippen molar-refractivity contribution in [3.05, 3.63) is 102 Å². The Morgan fingerprint density at radius 3 is 2.34 bits per heavy atom. The third-order valence-corrected chi connectivity index (χ3v) is 12.6. The molecule has 2 saturated carbocycles. The number of ether oxygens (including phenoxy) is 1. The van der Waals surface area contributed by atoms with E-state index in [0.29, 0.717) is 55.8 Å². The zero-order valence-corrected chi connectivity index (χ0v) is 33.6. The number of aromatic amines is 1. The summed E-state index contributed by atoms with van der Waals surface area (Å²) in [6.45, 7) is 1.80. The summed E-state index contributed by atoms with van der Waals surface area (Å²) in [5.74, 6) is 1.21. The Hall–Kier alpha value is -5.79. The van der Waals surface area contributed by atoms with Gasteiger partial charge in [-0.05, 0) is 86.3 Å². The number of hydrogen-bond acceptors (Lipinski definition) is 8. The Balaban J connectivity index is 0.859. The van der Waals surface area contributed by atoms with E-state index in [0.717, 1.165) is 68.4 Å². The minimum Gasteiger partial charge on any atom is -0.449 e. The summed E-state index contributed by atoms with van der Waals surface area (Å²) in [4.78, 5) is 73.2. The highest BCUT2D eigenvalue weighted by molar-refractivity contribution is 5.92. The highest BCUT2D eigenvalue weighted by atomic mass is 16.5. The monoisotopic (exact) mass is 801 g/mol. The minimum absolute atomic E-state index is 0.124. The topological polar surface area (TPSA) is 175 Å². The molecule has 2 aliphatic heterocycles. The summed E-state index contributed by atoms with van der Waals surface area (Å²) in [6.07, 6.45) is 17.8. The van der Waals surface area contributed by atoms with E-state index in [-0.39, 0.29) is 36.0 Å². The van der Waals surface area contributed by atoms with Crippen LogP contribution in [0.5, 0.6) is 0 Å². The van der Waals surface area contributed by atoms with E-state index in [4.69, 9.17) is 9.72 Å². The molecule has 5 amide bonds. The largest absolute Gasteiger partial charge is 0.449 e. The molecule has 4 aromatic rings. The fourth-order valence-corrected chi connectivity index (χ4v) is 9.28. The predicted molar refractivity (Wildman–Crippen MR) is 221 cm³/mol. The maximum absolute atomic E-state index is 14.4. The van der Waals surface area contributed by atoms with E-state index in [2.05, 4.69) is 55.2 Å². The molecule has 4 N–H and O–H groups in total. The second-order valence-electron chi connectivity index (χ2n) is 16.6. The molecule has 14 nitrogen and oxygen atoms in total. The number of nitrogens with zero attached hydrogens (tertiary/aromatic N) is 5. The SMILES string of the molecule is O=C(N[C@@H]1CCN(C(=O)N[C@@H](C(=O)N2CCC[C@H]2c2ncc(-c3ccc(C4CCC(NC(=O)c5cnccn5)CC4)cc3)[nH]2)c2ccccc2)C1)OCC1CCCCC1. The lowest BCUT2D eigenvalue weighted by atomic mass is 9.81. The first-order chi connectivity index (χ1) is 28.9. The number of rotatable bonds is 11. The van der Waals surface area contributed by atoms with Gasteiger partial charge in [0.05, 0.1) is 36.8 Å². The van der Waals surface area contributed by atoms with Crippen molar-refractivity contribution in [2.75, 3.05) is 26.2 Å². The van der Waals surface area contributed by atoms with Gasteiger partial charge in [0.1, 0.15) is 17.6 Å². The molecule has 2 saturated heterocycles. The number of carbonyl (C=O) groups is 4. The van der Waals surface area contributed by atoms with Crippen LogP contribution < -0.4 is 16.0 Å². The van der Waals surface area contributed by atoms with E-state index in [9.17, 15) is 19.2 Å². The summed E-state index contributed by atoms with van der Waals surface area (Å²) in [5.41, 5.74) is 4.22. The first-order valence-electron chi connectivity index (χ1n) is 21.4. The molecule has 2 aromatic heterocycles. The molecule has 4 fully saturated rings. The molecule has 3 atom stereocenters. The molecule has 59 heavy (non-hydrogen) atoms. The van der Waals surface area contributed by atoms with E-state index in [1.165, 1.54) is 37.2 Å². The number of amides is 5. The number of nitrogens with one attached hydrogen (secondary N) is 4. The van der Waals surface area contributed by atoms with E-state index >= 15 is 0 Å². The molecule has 8 rings (SSSR count). The number of benzene rings is 2. The molecule has 4 aliphatic rings. The first-order valence-corrected chi connectivity index (χ1v) is 21.4. The normalized spacial score (nSPS) is 22.7. The maximum Gasteiger partial charge on any atom is 0.407 e. The molecule has 310 valence electrons. The average Bonchev–Trinajstić information content (AvgIpc) is 4.08. The maximum atomic E-state index is 14.4. The summed E-state index contributed by atoms with van der Waals surface area (Å²) in [7, 11) is 0. The molecule has 0 bridgehead atoms. The molecule has 14 heteroatoms. The molecule has 0 spiro atoms. The van der Waals surface area contributed by atoms with Gasteiger partial charge in [-0.25, -0.2) is 19.6 Å². The second-order valence-corrected chi connectivity index (χ2v) is 16.6. The average molecular weight is 802 g/mol. The lowest BCUT2D eigenvalue weighted by Crippen LogP contribution is -2.48. The third kappa shape index (κ3) is 9.92. The van der Waals surface area contributed by atoms with Crippen LogP contribution in [0.4, 0.5) is 9.59 Å². The number of hydrogen-bond donors (Lipinski definition) is 4. The molecule has 2 aliphatic carbocycles. The van der Waals surface area contributed by atoms with Gasteiger partial charge in [-0.3, -0.25) is 14.6 Å². The Bertz CT molecular complexity index is 2030. The van der Waals surface area contributed by atoms with Crippen LogP contribution in [-0.4, -0.2) is 92.0 Å². The van der Waals surface area contributed by atoms with Crippen LogP contribution >= 0.6 is 0 Å². The minimum atomic E-state index is -0.886. The Labute approximate surface area is 345 Å². The number of urea groups is 1. The molecule has 4 heterocycles. The summed E-state index contributed by atoms with van der Waals surface area (Å²) < 4.78 is 5.53. The highest BCUT2D eigenvalue weighted by Gasteiger charge is 2.38. The fraction of sp³-hybridized carbons (Fsp3) is 0.489. The highest BCUT2D eigenvalue weighted by Crippen LogP contribution is 2.36. The van der Waals surface area contributed by atoms with Crippen molar-refractivity contribution < 1.29 is 23.9 Å². The van der Waals surface area contributed by atoms with Gasteiger partial charge in [0.25, 0.3) is 5.91 Å². The van der Waals surface area contributed by atoms with Gasteiger partial charge < -0.3 is 35.5 Å². The van der Waals surface area contributed by atoms with Gasteiger partial charge >= 0.3 is 12.1 Å². The summed E-state index contributed by atoms with van der Waals surface area (Å²) in [5, 5.41) is 9.10. The number of carbonyl (C=O) groups excluding carboxylic acids is 4. The van der Waals surface area contributed by atoms with Gasteiger partial charge in [-0.15, -0.1) is 0 Å². The van der Waals surface area contributed by atoms with Crippen LogP contribution in [-0.2, 0) is 9.53 Å². The number of aromatic nitrogens is 4. The third-order valence-electron chi connectivity index (χ3n) is 12.6. The van der Waals surface area contributed by atoms with Crippen molar-refractivity contribution in [1.29, 1.82) is 0 Å². The van der Waals surface area contributed by atoms with Crippen LogP contribution in [0.25, 0.3) is 11.3 Å². The van der Waals surface area contributed by atoms with E-state index in [1.807, 2.05) is 41.4 Å². The van der Waals surface area contributed by atoms with Gasteiger partial charge in [0.15, 0.2) is 0 Å². The van der Waals surface area contributed by atoms with Crippen molar-refractivity contribution in [3.8, 4) is 11.3 Å².